The van der Waals surface area contributed by atoms with Crippen molar-refractivity contribution in [2.24, 2.45) is 0 Å². The molecule has 0 radical (unpaired) electrons. The Morgan fingerprint density at radius 2 is 2.00 bits per heavy atom. The van der Waals surface area contributed by atoms with Gasteiger partial charge in [0.2, 0.25) is 0 Å². The average Bonchev–Trinajstić information content (AvgIpc) is 2.40. The second kappa shape index (κ2) is 4.88. The second-order valence-electron chi connectivity index (χ2n) is 4.60. The first-order valence-electron chi connectivity index (χ1n) is 6.05. The van der Waals surface area contributed by atoms with Crippen molar-refractivity contribution in [2.45, 2.75) is 31.2 Å². The van der Waals surface area contributed by atoms with Gasteiger partial charge >= 0.3 is 0 Å². The third-order valence-corrected chi connectivity index (χ3v) is 3.76. The quantitative estimate of drug-likeness (QED) is 0.870. The highest BCUT2D eigenvalue weighted by atomic mass is 16.5. The summed E-state index contributed by atoms with van der Waals surface area (Å²) in [6, 6.07) is 8.12. The molecule has 1 N–H and O–H groups in total. The van der Waals surface area contributed by atoms with Gasteiger partial charge in [0.25, 0.3) is 0 Å². The summed E-state index contributed by atoms with van der Waals surface area (Å²) in [5, 5.41) is 3.40. The SMILES string of the molecule is CNC1(c2cccc(OC)c2)CCC(=O)CC1. The summed E-state index contributed by atoms with van der Waals surface area (Å²) in [5.74, 6) is 1.24. The standard InChI is InChI=1S/C14H19NO2/c1-15-14(8-6-12(16)7-9-14)11-4-3-5-13(10-11)17-2/h3-5,10,15H,6-9H2,1-2H3. The number of hydrogen-bond acceptors (Lipinski definition) is 3. The molecular weight excluding hydrogens is 214 g/mol. The van der Waals surface area contributed by atoms with E-state index in [0.717, 1.165) is 18.6 Å². The van der Waals surface area contributed by atoms with Gasteiger partial charge in [-0.05, 0) is 37.6 Å². The molecule has 0 aromatic heterocycles. The largest absolute Gasteiger partial charge is 0.497 e. The third-order valence-electron chi connectivity index (χ3n) is 3.76. The number of methoxy groups -OCH3 is 1. The molecular formula is C14H19NO2. The number of ketones is 1. The highest BCUT2D eigenvalue weighted by Crippen LogP contribution is 2.36. The molecule has 0 spiro atoms. The number of Topliss-reactive ketones (excluding diaryl/α,β-unsaturated/α-hetero) is 1. The fourth-order valence-corrected chi connectivity index (χ4v) is 2.56. The summed E-state index contributed by atoms with van der Waals surface area (Å²) in [6.07, 6.45) is 3.07. The van der Waals surface area contributed by atoms with Crippen LogP contribution in [0.25, 0.3) is 0 Å². The minimum absolute atomic E-state index is 0.0670. The summed E-state index contributed by atoms with van der Waals surface area (Å²) >= 11 is 0. The molecule has 0 bridgehead atoms. The number of carbonyl (C=O) groups is 1. The van der Waals surface area contributed by atoms with Crippen LogP contribution in [0.5, 0.6) is 5.75 Å². The topological polar surface area (TPSA) is 38.3 Å². The summed E-state index contributed by atoms with van der Waals surface area (Å²) in [4.78, 5) is 11.4. The molecule has 92 valence electrons. The van der Waals surface area contributed by atoms with Gasteiger partial charge in [0.05, 0.1) is 7.11 Å². The molecule has 0 unspecified atom stereocenters. The second-order valence-corrected chi connectivity index (χ2v) is 4.60. The zero-order valence-electron chi connectivity index (χ0n) is 10.5. The van der Waals surface area contributed by atoms with Gasteiger partial charge < -0.3 is 10.1 Å². The van der Waals surface area contributed by atoms with E-state index in [2.05, 4.69) is 17.4 Å². The Morgan fingerprint density at radius 3 is 2.59 bits per heavy atom. The predicted molar refractivity (Wildman–Crippen MR) is 67.2 cm³/mol. The molecule has 0 heterocycles. The van der Waals surface area contributed by atoms with Crippen molar-refractivity contribution >= 4 is 5.78 Å². The molecule has 1 aliphatic rings. The van der Waals surface area contributed by atoms with Crippen LogP contribution in [0.4, 0.5) is 0 Å². The van der Waals surface area contributed by atoms with E-state index in [1.807, 2.05) is 19.2 Å². The number of rotatable bonds is 3. The van der Waals surface area contributed by atoms with Gasteiger partial charge in [-0.1, -0.05) is 12.1 Å². The summed E-state index contributed by atoms with van der Waals surface area (Å²) in [6.45, 7) is 0. The molecule has 1 aliphatic carbocycles. The van der Waals surface area contributed by atoms with E-state index in [9.17, 15) is 4.79 Å². The van der Waals surface area contributed by atoms with E-state index in [1.54, 1.807) is 7.11 Å². The molecule has 1 aromatic carbocycles. The lowest BCUT2D eigenvalue weighted by atomic mass is 9.76. The van der Waals surface area contributed by atoms with Crippen LogP contribution >= 0.6 is 0 Å². The Hall–Kier alpha value is -1.35. The van der Waals surface area contributed by atoms with E-state index >= 15 is 0 Å². The van der Waals surface area contributed by atoms with Crippen LogP contribution in [-0.4, -0.2) is 19.9 Å². The first kappa shape index (κ1) is 12.1. The predicted octanol–water partition coefficient (Wildman–Crippen LogP) is 2.25. The number of hydrogen-bond donors (Lipinski definition) is 1. The normalized spacial score (nSPS) is 19.1. The van der Waals surface area contributed by atoms with Gasteiger partial charge in [0, 0.05) is 18.4 Å². The smallest absolute Gasteiger partial charge is 0.133 e. The highest BCUT2D eigenvalue weighted by Gasteiger charge is 2.34. The first-order chi connectivity index (χ1) is 8.20. The first-order valence-corrected chi connectivity index (χ1v) is 6.05. The van der Waals surface area contributed by atoms with Crippen molar-refractivity contribution in [2.75, 3.05) is 14.2 Å². The molecule has 1 fully saturated rings. The molecule has 0 saturated heterocycles. The molecule has 3 heteroatoms. The summed E-state index contributed by atoms with van der Waals surface area (Å²) in [7, 11) is 3.64. The number of ether oxygens (including phenoxy) is 1. The van der Waals surface area contributed by atoms with E-state index in [-0.39, 0.29) is 5.54 Å². The lowest BCUT2D eigenvalue weighted by Gasteiger charge is -2.37. The van der Waals surface area contributed by atoms with Gasteiger partial charge in [-0.3, -0.25) is 4.79 Å². The third kappa shape index (κ3) is 2.34. The van der Waals surface area contributed by atoms with Crippen LogP contribution in [0.1, 0.15) is 31.2 Å². The number of nitrogens with one attached hydrogen (secondary N) is 1. The van der Waals surface area contributed by atoms with Gasteiger partial charge in [0.15, 0.2) is 0 Å². The van der Waals surface area contributed by atoms with Gasteiger partial charge in [-0.15, -0.1) is 0 Å². The summed E-state index contributed by atoms with van der Waals surface area (Å²) < 4.78 is 5.26. The maximum atomic E-state index is 11.4. The monoisotopic (exact) mass is 233 g/mol. The Bertz CT molecular complexity index is 404. The fraction of sp³-hybridized carbons (Fsp3) is 0.500. The fourth-order valence-electron chi connectivity index (χ4n) is 2.56. The van der Waals surface area contributed by atoms with Gasteiger partial charge in [-0.25, -0.2) is 0 Å². The lowest BCUT2D eigenvalue weighted by Crippen LogP contribution is -2.43. The van der Waals surface area contributed by atoms with Crippen molar-refractivity contribution < 1.29 is 9.53 Å². The number of benzene rings is 1. The Kier molecular flexibility index (Phi) is 3.48. The molecule has 17 heavy (non-hydrogen) atoms. The average molecular weight is 233 g/mol. The van der Waals surface area contributed by atoms with Crippen molar-refractivity contribution in [1.29, 1.82) is 0 Å². The minimum Gasteiger partial charge on any atom is -0.497 e. The molecule has 1 aromatic rings. The van der Waals surface area contributed by atoms with Gasteiger partial charge in [0.1, 0.15) is 11.5 Å². The molecule has 2 rings (SSSR count). The minimum atomic E-state index is -0.0670. The Balaban J connectivity index is 2.30. The molecule has 3 nitrogen and oxygen atoms in total. The zero-order chi connectivity index (χ0) is 12.3. The van der Waals surface area contributed by atoms with E-state index in [1.165, 1.54) is 5.56 Å². The molecule has 1 saturated carbocycles. The Morgan fingerprint density at radius 1 is 1.29 bits per heavy atom. The molecule has 0 aliphatic heterocycles. The van der Waals surface area contributed by atoms with Crippen molar-refractivity contribution in [3.63, 3.8) is 0 Å². The van der Waals surface area contributed by atoms with E-state index < -0.39 is 0 Å². The highest BCUT2D eigenvalue weighted by molar-refractivity contribution is 5.79. The summed E-state index contributed by atoms with van der Waals surface area (Å²) in [5.41, 5.74) is 1.15. The van der Waals surface area contributed by atoms with E-state index in [4.69, 9.17) is 4.74 Å². The van der Waals surface area contributed by atoms with Crippen molar-refractivity contribution in [3.05, 3.63) is 29.8 Å². The van der Waals surface area contributed by atoms with Crippen LogP contribution in [0.2, 0.25) is 0 Å². The van der Waals surface area contributed by atoms with Crippen LogP contribution in [0, 0.1) is 0 Å². The van der Waals surface area contributed by atoms with E-state index in [0.29, 0.717) is 18.6 Å². The van der Waals surface area contributed by atoms with Crippen LogP contribution in [0.15, 0.2) is 24.3 Å². The van der Waals surface area contributed by atoms with Crippen LogP contribution < -0.4 is 10.1 Å². The van der Waals surface area contributed by atoms with Crippen molar-refractivity contribution in [1.82, 2.24) is 5.32 Å². The lowest BCUT2D eigenvalue weighted by molar-refractivity contribution is -0.121. The van der Waals surface area contributed by atoms with Crippen LogP contribution in [-0.2, 0) is 10.3 Å². The Labute approximate surface area is 102 Å². The molecule has 0 amide bonds. The van der Waals surface area contributed by atoms with Crippen molar-refractivity contribution in [3.8, 4) is 5.75 Å². The van der Waals surface area contributed by atoms with Crippen LogP contribution in [0.3, 0.4) is 0 Å². The molecule has 0 atom stereocenters. The maximum Gasteiger partial charge on any atom is 0.133 e. The maximum absolute atomic E-state index is 11.4. The zero-order valence-corrected chi connectivity index (χ0v) is 10.5. The number of carbonyl (C=O) groups excluding carboxylic acids is 1. The van der Waals surface area contributed by atoms with Gasteiger partial charge in [-0.2, -0.15) is 0 Å².